The van der Waals surface area contributed by atoms with Gasteiger partial charge in [-0.1, -0.05) is 46.5 Å². The molecule has 0 saturated heterocycles. The summed E-state index contributed by atoms with van der Waals surface area (Å²) in [5.41, 5.74) is -0.656. The summed E-state index contributed by atoms with van der Waals surface area (Å²) in [7, 11) is 0. The maximum Gasteiger partial charge on any atom is 2.00 e. The molecule has 0 aromatic carbocycles. The van der Waals surface area contributed by atoms with Crippen LogP contribution in [-0.4, -0.2) is 28.7 Å². The summed E-state index contributed by atoms with van der Waals surface area (Å²) in [6, 6.07) is 0. The molecule has 0 bridgehead atoms. The van der Waals surface area contributed by atoms with E-state index in [4.69, 9.17) is 0 Å². The van der Waals surface area contributed by atoms with E-state index >= 15 is 0 Å². The summed E-state index contributed by atoms with van der Waals surface area (Å²) in [5, 5.41) is 11.9. The molecule has 0 aromatic rings. The predicted molar refractivity (Wildman–Crippen MR) is 46.4 cm³/mol. The minimum atomic E-state index is -0.618. The van der Waals surface area contributed by atoms with Gasteiger partial charge in [0.05, 0.1) is 0 Å². The van der Waals surface area contributed by atoms with Crippen molar-refractivity contribution in [3.8, 4) is 0 Å². The molecule has 0 aliphatic heterocycles. The Morgan fingerprint density at radius 2 is 1.42 bits per heavy atom. The van der Waals surface area contributed by atoms with E-state index in [-0.39, 0.29) is 40.9 Å². The summed E-state index contributed by atoms with van der Waals surface area (Å²) >= 11 is 0. The average Bonchev–Trinajstić information content (AvgIpc) is 2.13. The molecule has 0 N–H and O–H groups in total. The van der Waals surface area contributed by atoms with Crippen LogP contribution in [-0.2, 0) is 0 Å². The Balaban J connectivity index is 0. The van der Waals surface area contributed by atoms with Gasteiger partial charge in [0.25, 0.3) is 0 Å². The third-order valence-electron chi connectivity index (χ3n) is 2.78. The first-order chi connectivity index (χ1) is 4.46. The molecule has 1 saturated carbocycles. The normalized spacial score (nSPS) is 21.0. The van der Waals surface area contributed by atoms with Crippen molar-refractivity contribution >= 4 is 23.1 Å². The second-order valence-electron chi connectivity index (χ2n) is 4.45. The Hall–Kier alpha value is 1.02. The van der Waals surface area contributed by atoms with Gasteiger partial charge in [-0.2, -0.15) is 0 Å². The fourth-order valence-corrected chi connectivity index (χ4v) is 1.70. The van der Waals surface area contributed by atoms with Gasteiger partial charge in [-0.3, -0.25) is 0 Å². The predicted octanol–water partition coefficient (Wildman–Crippen LogP) is -1.67. The summed E-state index contributed by atoms with van der Waals surface area (Å²) in [6.07, 6.45) is 4.05. The minimum Gasteiger partial charge on any atom is -1.00 e. The standard InChI is InChI=1S/C9H17O.ClH.Mg/c1-8(2,3)9(10)6-4-5-7-9;;/h4-7H2,1-3H3;1H;/q-1;;+2/p-1. The first-order valence-corrected chi connectivity index (χ1v) is 4.16. The molecule has 3 heteroatoms. The Morgan fingerprint density at radius 3 is 1.58 bits per heavy atom. The topological polar surface area (TPSA) is 23.1 Å². The molecular formula is C9H17ClMgO. The molecule has 0 unspecified atom stereocenters. The van der Waals surface area contributed by atoms with Crippen molar-refractivity contribution in [1.29, 1.82) is 0 Å². The molecule has 0 spiro atoms. The van der Waals surface area contributed by atoms with Crippen molar-refractivity contribution in [2.45, 2.75) is 52.1 Å². The minimum absolute atomic E-state index is 0. The zero-order valence-corrected chi connectivity index (χ0v) is 10.5. The average molecular weight is 201 g/mol. The van der Waals surface area contributed by atoms with Crippen molar-refractivity contribution in [2.24, 2.45) is 5.41 Å². The summed E-state index contributed by atoms with van der Waals surface area (Å²) in [4.78, 5) is 0. The van der Waals surface area contributed by atoms with E-state index < -0.39 is 5.60 Å². The number of hydrogen-bond acceptors (Lipinski definition) is 1. The molecule has 0 atom stereocenters. The van der Waals surface area contributed by atoms with Gasteiger partial charge in [-0.15, -0.1) is 5.60 Å². The first kappa shape index (κ1) is 15.5. The van der Waals surface area contributed by atoms with Crippen LogP contribution < -0.4 is 17.5 Å². The second kappa shape index (κ2) is 5.04. The Morgan fingerprint density at radius 1 is 1.08 bits per heavy atom. The van der Waals surface area contributed by atoms with Crippen molar-refractivity contribution in [2.75, 3.05) is 0 Å². The van der Waals surface area contributed by atoms with Gasteiger partial charge in [0.2, 0.25) is 0 Å². The van der Waals surface area contributed by atoms with E-state index in [1.165, 1.54) is 0 Å². The van der Waals surface area contributed by atoms with Gasteiger partial charge in [0.1, 0.15) is 0 Å². The molecule has 1 rings (SSSR count). The van der Waals surface area contributed by atoms with Crippen LogP contribution in [0.1, 0.15) is 46.5 Å². The zero-order chi connectivity index (χ0) is 7.83. The van der Waals surface area contributed by atoms with Gasteiger partial charge >= 0.3 is 23.1 Å². The molecule has 0 aromatic heterocycles. The van der Waals surface area contributed by atoms with Crippen molar-refractivity contribution in [3.63, 3.8) is 0 Å². The van der Waals surface area contributed by atoms with Crippen LogP contribution >= 0.6 is 0 Å². The Labute approximate surface area is 97.9 Å². The molecule has 0 amide bonds. The fourth-order valence-electron chi connectivity index (χ4n) is 1.70. The molecule has 1 fully saturated rings. The number of halogens is 1. The largest absolute Gasteiger partial charge is 2.00 e. The van der Waals surface area contributed by atoms with Gasteiger partial charge in [-0.25, -0.2) is 0 Å². The van der Waals surface area contributed by atoms with Crippen molar-refractivity contribution < 1.29 is 17.5 Å². The van der Waals surface area contributed by atoms with Gasteiger partial charge in [0, 0.05) is 0 Å². The van der Waals surface area contributed by atoms with Crippen LogP contribution in [0.15, 0.2) is 0 Å². The van der Waals surface area contributed by atoms with Gasteiger partial charge < -0.3 is 17.5 Å². The number of rotatable bonds is 0. The Bertz CT molecular complexity index is 125. The summed E-state index contributed by atoms with van der Waals surface area (Å²) in [6.45, 7) is 6.18. The monoisotopic (exact) mass is 200 g/mol. The molecule has 12 heavy (non-hydrogen) atoms. The van der Waals surface area contributed by atoms with Crippen LogP contribution in [0.25, 0.3) is 0 Å². The van der Waals surface area contributed by atoms with Crippen LogP contribution in [0.4, 0.5) is 0 Å². The van der Waals surface area contributed by atoms with E-state index in [0.29, 0.717) is 0 Å². The first-order valence-electron chi connectivity index (χ1n) is 4.16. The molecule has 1 aliphatic carbocycles. The molecule has 1 nitrogen and oxygen atoms in total. The maximum atomic E-state index is 11.9. The van der Waals surface area contributed by atoms with E-state index in [1.807, 2.05) is 0 Å². The number of hydrogen-bond donors (Lipinski definition) is 0. The van der Waals surface area contributed by atoms with Gasteiger partial charge in [0.15, 0.2) is 0 Å². The summed E-state index contributed by atoms with van der Waals surface area (Å²) < 4.78 is 0. The van der Waals surface area contributed by atoms with E-state index in [2.05, 4.69) is 20.8 Å². The van der Waals surface area contributed by atoms with E-state index in [1.54, 1.807) is 0 Å². The van der Waals surface area contributed by atoms with Crippen LogP contribution in [0, 0.1) is 5.41 Å². The molecule has 1 aliphatic rings. The fraction of sp³-hybridized carbons (Fsp3) is 1.00. The third-order valence-corrected chi connectivity index (χ3v) is 2.78. The van der Waals surface area contributed by atoms with E-state index in [9.17, 15) is 5.11 Å². The maximum absolute atomic E-state index is 11.9. The van der Waals surface area contributed by atoms with Crippen molar-refractivity contribution in [3.05, 3.63) is 0 Å². The SMILES string of the molecule is CC(C)(C)C1([O-])CCCC1.[Cl-].[Mg+2]. The third kappa shape index (κ3) is 3.06. The summed E-state index contributed by atoms with van der Waals surface area (Å²) in [5.74, 6) is 0. The molecule has 0 heterocycles. The van der Waals surface area contributed by atoms with Crippen LogP contribution in [0.3, 0.4) is 0 Å². The van der Waals surface area contributed by atoms with Crippen LogP contribution in [0.5, 0.6) is 0 Å². The zero-order valence-electron chi connectivity index (χ0n) is 8.32. The quantitative estimate of drug-likeness (QED) is 0.429. The molecular weight excluding hydrogens is 184 g/mol. The molecule has 0 radical (unpaired) electrons. The second-order valence-corrected chi connectivity index (χ2v) is 4.45. The van der Waals surface area contributed by atoms with Crippen molar-refractivity contribution in [1.82, 2.24) is 0 Å². The van der Waals surface area contributed by atoms with Gasteiger partial charge in [-0.05, 0) is 5.41 Å². The van der Waals surface area contributed by atoms with E-state index in [0.717, 1.165) is 25.7 Å². The molecule has 68 valence electrons. The smallest absolute Gasteiger partial charge is 1.00 e. The van der Waals surface area contributed by atoms with Crippen LogP contribution in [0.2, 0.25) is 0 Å². The Kier molecular flexibility index (Phi) is 6.50.